The van der Waals surface area contributed by atoms with Gasteiger partial charge >= 0.3 is 5.97 Å². The van der Waals surface area contributed by atoms with E-state index in [-0.39, 0.29) is 25.5 Å². The molecule has 0 unspecified atom stereocenters. The molecule has 0 aliphatic rings. The summed E-state index contributed by atoms with van der Waals surface area (Å²) in [5.41, 5.74) is 1.76. The molecule has 2 amide bonds. The average molecular weight is 306 g/mol. The third-order valence-electron chi connectivity index (χ3n) is 2.94. The van der Waals surface area contributed by atoms with Crippen LogP contribution in [-0.2, 0) is 25.5 Å². The van der Waals surface area contributed by atoms with Crippen molar-refractivity contribution in [1.29, 1.82) is 0 Å². The summed E-state index contributed by atoms with van der Waals surface area (Å²) in [5, 5.41) is 5.15. The maximum absolute atomic E-state index is 11.8. The monoisotopic (exact) mass is 306 g/mol. The molecule has 0 bridgehead atoms. The molecule has 0 saturated carbocycles. The molecule has 2 N–H and O–H groups in total. The predicted molar refractivity (Wildman–Crippen MR) is 83.3 cm³/mol. The Hall–Kier alpha value is -2.37. The van der Waals surface area contributed by atoms with Crippen molar-refractivity contribution < 1.29 is 19.1 Å². The minimum atomic E-state index is -0.497. The van der Waals surface area contributed by atoms with E-state index in [1.165, 1.54) is 0 Å². The molecule has 0 atom stereocenters. The highest BCUT2D eigenvalue weighted by Crippen LogP contribution is 2.14. The zero-order chi connectivity index (χ0) is 16.4. The number of anilines is 1. The minimum absolute atomic E-state index is 0.164. The van der Waals surface area contributed by atoms with E-state index in [1.54, 1.807) is 0 Å². The van der Waals surface area contributed by atoms with Crippen LogP contribution in [0.5, 0.6) is 0 Å². The number of benzene rings is 1. The highest BCUT2D eigenvalue weighted by atomic mass is 16.5. The van der Waals surface area contributed by atoms with Crippen molar-refractivity contribution in [2.75, 3.05) is 18.5 Å². The average Bonchev–Trinajstić information content (AvgIpc) is 2.51. The second-order valence-electron chi connectivity index (χ2n) is 4.75. The Balaban J connectivity index is 2.33. The molecule has 0 radical (unpaired) electrons. The fraction of sp³-hybridized carbons (Fsp3) is 0.438. The number of carbonyl (C=O) groups excluding carboxylic acids is 3. The van der Waals surface area contributed by atoms with Crippen LogP contribution >= 0.6 is 0 Å². The maximum atomic E-state index is 11.8. The van der Waals surface area contributed by atoms with Crippen LogP contribution in [0.15, 0.2) is 24.3 Å². The Morgan fingerprint density at radius 1 is 1.09 bits per heavy atom. The Labute approximate surface area is 130 Å². The van der Waals surface area contributed by atoms with Gasteiger partial charge in [0.2, 0.25) is 5.91 Å². The summed E-state index contributed by atoms with van der Waals surface area (Å²) >= 11 is 0. The lowest BCUT2D eigenvalue weighted by molar-refractivity contribution is -0.148. The summed E-state index contributed by atoms with van der Waals surface area (Å²) in [6.45, 7) is 3.32. The number of esters is 1. The molecule has 0 heterocycles. The van der Waals surface area contributed by atoms with E-state index >= 15 is 0 Å². The van der Waals surface area contributed by atoms with E-state index in [2.05, 4.69) is 10.6 Å². The predicted octanol–water partition coefficient (Wildman–Crippen LogP) is 1.65. The van der Waals surface area contributed by atoms with Gasteiger partial charge in [0.1, 0.15) is 0 Å². The van der Waals surface area contributed by atoms with Gasteiger partial charge in [-0.3, -0.25) is 14.4 Å². The summed E-state index contributed by atoms with van der Waals surface area (Å²) in [6.07, 6.45) is 1.75. The SMILES string of the molecule is CCCC(=O)OCC(=O)NCC(=O)Nc1ccccc1CC. The second-order valence-corrected chi connectivity index (χ2v) is 4.75. The molecule has 1 rings (SSSR count). The molecule has 0 aliphatic heterocycles. The second kappa shape index (κ2) is 9.55. The number of ether oxygens (including phenoxy) is 1. The number of rotatable bonds is 8. The number of amides is 2. The fourth-order valence-electron chi connectivity index (χ4n) is 1.80. The van der Waals surface area contributed by atoms with E-state index < -0.39 is 11.9 Å². The third kappa shape index (κ3) is 6.39. The Morgan fingerprint density at radius 2 is 1.82 bits per heavy atom. The number of nitrogens with one attached hydrogen (secondary N) is 2. The molecule has 0 aromatic heterocycles. The van der Waals surface area contributed by atoms with Crippen molar-refractivity contribution in [2.24, 2.45) is 0 Å². The summed E-state index contributed by atoms with van der Waals surface area (Å²) in [4.78, 5) is 34.4. The standard InChI is InChI=1S/C16H22N2O4/c1-3-7-16(21)22-11-15(20)17-10-14(19)18-13-9-6-5-8-12(13)4-2/h5-6,8-9H,3-4,7,10-11H2,1-2H3,(H,17,20)(H,18,19). The minimum Gasteiger partial charge on any atom is -0.456 e. The Bertz CT molecular complexity index is 529. The molecule has 0 saturated heterocycles. The molecule has 1 aromatic carbocycles. The number of hydrogen-bond donors (Lipinski definition) is 2. The molecular weight excluding hydrogens is 284 g/mol. The number of hydrogen-bond acceptors (Lipinski definition) is 4. The molecule has 6 heteroatoms. The van der Waals surface area contributed by atoms with Gasteiger partial charge in [0.25, 0.3) is 5.91 Å². The van der Waals surface area contributed by atoms with Crippen molar-refractivity contribution in [1.82, 2.24) is 5.32 Å². The van der Waals surface area contributed by atoms with E-state index in [4.69, 9.17) is 4.74 Å². The first-order valence-electron chi connectivity index (χ1n) is 7.36. The lowest BCUT2D eigenvalue weighted by Crippen LogP contribution is -2.35. The highest BCUT2D eigenvalue weighted by Gasteiger charge is 2.09. The Morgan fingerprint density at radius 3 is 2.50 bits per heavy atom. The van der Waals surface area contributed by atoms with Gasteiger partial charge in [-0.2, -0.15) is 0 Å². The third-order valence-corrected chi connectivity index (χ3v) is 2.94. The highest BCUT2D eigenvalue weighted by molar-refractivity contribution is 5.95. The molecule has 120 valence electrons. The first-order valence-corrected chi connectivity index (χ1v) is 7.36. The van der Waals surface area contributed by atoms with Gasteiger partial charge < -0.3 is 15.4 Å². The van der Waals surface area contributed by atoms with Gasteiger partial charge in [0.05, 0.1) is 6.54 Å². The summed E-state index contributed by atoms with van der Waals surface area (Å²) in [6, 6.07) is 7.48. The smallest absolute Gasteiger partial charge is 0.306 e. The van der Waals surface area contributed by atoms with Gasteiger partial charge in [0.15, 0.2) is 6.61 Å². The van der Waals surface area contributed by atoms with Crippen molar-refractivity contribution in [3.63, 3.8) is 0 Å². The number of aryl methyl sites for hydroxylation is 1. The van der Waals surface area contributed by atoms with Crippen LogP contribution in [0.3, 0.4) is 0 Å². The van der Waals surface area contributed by atoms with E-state index in [0.29, 0.717) is 6.42 Å². The molecular formula is C16H22N2O4. The van der Waals surface area contributed by atoms with Crippen molar-refractivity contribution in [3.05, 3.63) is 29.8 Å². The number of carbonyl (C=O) groups is 3. The van der Waals surface area contributed by atoms with Crippen molar-refractivity contribution in [2.45, 2.75) is 33.1 Å². The Kier molecular flexibility index (Phi) is 7.67. The summed E-state index contributed by atoms with van der Waals surface area (Å²) in [5.74, 6) is -1.24. The molecule has 0 fully saturated rings. The first-order chi connectivity index (χ1) is 10.6. The molecule has 0 aliphatic carbocycles. The molecule has 0 spiro atoms. The number of para-hydroxylation sites is 1. The van der Waals surface area contributed by atoms with E-state index in [9.17, 15) is 14.4 Å². The van der Waals surface area contributed by atoms with E-state index in [0.717, 1.165) is 17.7 Å². The van der Waals surface area contributed by atoms with Gasteiger partial charge in [0, 0.05) is 12.1 Å². The van der Waals surface area contributed by atoms with Crippen LogP contribution in [0.4, 0.5) is 5.69 Å². The normalized spacial score (nSPS) is 9.91. The molecule has 1 aromatic rings. The van der Waals surface area contributed by atoms with Crippen LogP contribution in [-0.4, -0.2) is 30.9 Å². The lowest BCUT2D eigenvalue weighted by Gasteiger charge is -2.10. The van der Waals surface area contributed by atoms with Crippen LogP contribution in [0, 0.1) is 0 Å². The topological polar surface area (TPSA) is 84.5 Å². The van der Waals surface area contributed by atoms with Gasteiger partial charge in [-0.25, -0.2) is 0 Å². The van der Waals surface area contributed by atoms with E-state index in [1.807, 2.05) is 38.1 Å². The summed E-state index contributed by atoms with van der Waals surface area (Å²) < 4.78 is 4.75. The maximum Gasteiger partial charge on any atom is 0.306 e. The van der Waals surface area contributed by atoms with Gasteiger partial charge in [-0.15, -0.1) is 0 Å². The largest absolute Gasteiger partial charge is 0.456 e. The van der Waals surface area contributed by atoms with Gasteiger partial charge in [-0.05, 0) is 24.5 Å². The van der Waals surface area contributed by atoms with Crippen LogP contribution < -0.4 is 10.6 Å². The van der Waals surface area contributed by atoms with Crippen molar-refractivity contribution >= 4 is 23.5 Å². The quantitative estimate of drug-likeness (QED) is 0.715. The van der Waals surface area contributed by atoms with Crippen LogP contribution in [0.2, 0.25) is 0 Å². The molecule has 22 heavy (non-hydrogen) atoms. The fourth-order valence-corrected chi connectivity index (χ4v) is 1.80. The zero-order valence-corrected chi connectivity index (χ0v) is 13.0. The van der Waals surface area contributed by atoms with Crippen molar-refractivity contribution in [3.8, 4) is 0 Å². The summed E-state index contributed by atoms with van der Waals surface area (Å²) in [7, 11) is 0. The first kappa shape index (κ1) is 17.7. The molecule has 6 nitrogen and oxygen atoms in total. The van der Waals surface area contributed by atoms with Gasteiger partial charge in [-0.1, -0.05) is 32.0 Å². The van der Waals surface area contributed by atoms with Crippen LogP contribution in [0.1, 0.15) is 32.3 Å². The zero-order valence-electron chi connectivity index (χ0n) is 13.0. The van der Waals surface area contributed by atoms with Crippen LogP contribution in [0.25, 0.3) is 0 Å². The lowest BCUT2D eigenvalue weighted by atomic mass is 10.1.